The zero-order valence-electron chi connectivity index (χ0n) is 19.7. The Morgan fingerprint density at radius 2 is 2.16 bits per heavy atom. The first kappa shape index (κ1) is 26.6. The summed E-state index contributed by atoms with van der Waals surface area (Å²) in [6.07, 6.45) is -0.422. The quantitative estimate of drug-likeness (QED) is 0.304. The summed E-state index contributed by atoms with van der Waals surface area (Å²) in [7, 11) is -1.02. The molecule has 0 aliphatic carbocycles. The lowest BCUT2D eigenvalue weighted by atomic mass is 10.1. The molecule has 1 fully saturated rings. The van der Waals surface area contributed by atoms with E-state index in [9.17, 15) is 27.1 Å². The monoisotopic (exact) mass is 538 g/mol. The summed E-state index contributed by atoms with van der Waals surface area (Å²) >= 11 is 0. The van der Waals surface area contributed by atoms with E-state index in [4.69, 9.17) is 4.74 Å². The first-order chi connectivity index (χ1) is 17.5. The second-order valence-electron chi connectivity index (χ2n) is 8.35. The van der Waals surface area contributed by atoms with Gasteiger partial charge < -0.3 is 20.4 Å². The molecule has 3 aromatic rings. The molecule has 10 nitrogen and oxygen atoms in total. The van der Waals surface area contributed by atoms with Crippen molar-refractivity contribution in [1.82, 2.24) is 25.1 Å². The molecule has 1 aliphatic heterocycles. The molecule has 198 valence electrons. The Morgan fingerprint density at radius 1 is 1.35 bits per heavy atom. The molecule has 5 N–H and O–H groups in total. The number of aromatic amines is 1. The molecule has 0 radical (unpaired) electrons. The number of amides is 1. The van der Waals surface area contributed by atoms with Crippen LogP contribution < -0.4 is 15.4 Å². The maximum absolute atomic E-state index is 13.0. The normalized spacial score (nSPS) is 17.9. The van der Waals surface area contributed by atoms with Gasteiger partial charge in [-0.25, -0.2) is 4.98 Å². The van der Waals surface area contributed by atoms with Gasteiger partial charge in [0, 0.05) is 44.2 Å². The largest absolute Gasteiger partial charge is 0.491 e. The molecule has 37 heavy (non-hydrogen) atoms. The number of halogens is 3. The fourth-order valence-electron chi connectivity index (χ4n) is 3.66. The predicted molar refractivity (Wildman–Crippen MR) is 132 cm³/mol. The Hall–Kier alpha value is -3.51. The zero-order valence-corrected chi connectivity index (χ0v) is 20.5. The third-order valence-corrected chi connectivity index (χ3v) is 7.87. The van der Waals surface area contributed by atoms with Gasteiger partial charge in [-0.3, -0.25) is 18.6 Å². The number of anilines is 1. The van der Waals surface area contributed by atoms with Gasteiger partial charge in [-0.2, -0.15) is 28.9 Å². The summed E-state index contributed by atoms with van der Waals surface area (Å²) in [5.41, 5.74) is -0.0283. The highest BCUT2D eigenvalue weighted by molar-refractivity contribution is 8.24. The van der Waals surface area contributed by atoms with Gasteiger partial charge in [0.25, 0.3) is 0 Å². The number of imidazole rings is 1. The molecule has 2 aromatic heterocycles. The Labute approximate surface area is 212 Å². The van der Waals surface area contributed by atoms with E-state index in [-0.39, 0.29) is 40.4 Å². The molecule has 1 aromatic carbocycles. The Balaban J connectivity index is 1.54. The summed E-state index contributed by atoms with van der Waals surface area (Å²) in [5.74, 6) is 4.91. The summed E-state index contributed by atoms with van der Waals surface area (Å²) in [4.78, 5) is 18.5. The Bertz CT molecular complexity index is 1330. The van der Waals surface area contributed by atoms with Gasteiger partial charge in [0.15, 0.2) is 0 Å². The summed E-state index contributed by atoms with van der Waals surface area (Å²) < 4.78 is 66.9. The second kappa shape index (κ2) is 10.9. The number of carbonyl (C=O) groups is 1. The van der Waals surface area contributed by atoms with Crippen molar-refractivity contribution >= 4 is 22.2 Å². The SMILES string of the molecule is Cn1cc(C#CC(=O)Nc2cc(-c3ncc(C(F)(F)F)[nH]3)ccc2OCCC2CNCCS2(O)O)cn1. The number of hydrogen-bond donors (Lipinski definition) is 5. The molecule has 1 unspecified atom stereocenters. The number of rotatable bonds is 6. The van der Waals surface area contributed by atoms with Gasteiger partial charge >= 0.3 is 12.1 Å². The van der Waals surface area contributed by atoms with Gasteiger partial charge in [0.2, 0.25) is 0 Å². The first-order valence-corrected chi connectivity index (χ1v) is 13.0. The van der Waals surface area contributed by atoms with Crippen molar-refractivity contribution in [2.45, 2.75) is 17.8 Å². The van der Waals surface area contributed by atoms with Crippen LogP contribution in [-0.2, 0) is 18.0 Å². The molecule has 4 rings (SSSR count). The zero-order chi connectivity index (χ0) is 26.6. The van der Waals surface area contributed by atoms with Crippen LogP contribution in [0.25, 0.3) is 11.4 Å². The molecule has 0 spiro atoms. The van der Waals surface area contributed by atoms with Gasteiger partial charge in [0.1, 0.15) is 17.3 Å². The van der Waals surface area contributed by atoms with Crippen molar-refractivity contribution < 1.29 is 31.8 Å². The second-order valence-corrected chi connectivity index (χ2v) is 10.9. The van der Waals surface area contributed by atoms with Crippen LogP contribution in [0.2, 0.25) is 0 Å². The standard InChI is InChI=1S/C23H25F3N6O4S/c1-32-14-15(11-29-32)2-5-21(33)30-18-10-16(22-28-13-20(31-22)23(24,25)26)3-4-19(18)36-8-6-17-12-27-7-9-37(17,34)35/h3-4,10-11,13-14,17,27,34-35H,6-9,12H2,1H3,(H,28,31)(H,30,33). The molecule has 0 bridgehead atoms. The molecule has 1 amide bonds. The van der Waals surface area contributed by atoms with Crippen LogP contribution in [0, 0.1) is 11.8 Å². The van der Waals surface area contributed by atoms with E-state index in [0.29, 0.717) is 31.3 Å². The van der Waals surface area contributed by atoms with E-state index in [1.165, 1.54) is 29.1 Å². The summed E-state index contributed by atoms with van der Waals surface area (Å²) in [6.45, 7) is 1.09. The number of nitrogens with one attached hydrogen (secondary N) is 3. The number of aromatic nitrogens is 4. The number of alkyl halides is 3. The van der Waals surface area contributed by atoms with Crippen LogP contribution in [0.3, 0.4) is 0 Å². The minimum Gasteiger partial charge on any atom is -0.491 e. The third kappa shape index (κ3) is 6.83. The average molecular weight is 539 g/mol. The van der Waals surface area contributed by atoms with Crippen molar-refractivity contribution in [3.63, 3.8) is 0 Å². The first-order valence-electron chi connectivity index (χ1n) is 11.2. The van der Waals surface area contributed by atoms with Gasteiger partial charge in [-0.1, -0.05) is 5.92 Å². The van der Waals surface area contributed by atoms with E-state index >= 15 is 0 Å². The van der Waals surface area contributed by atoms with Crippen LogP contribution in [0.5, 0.6) is 5.75 Å². The number of benzene rings is 1. The van der Waals surface area contributed by atoms with Crippen LogP contribution in [-0.4, -0.2) is 65.5 Å². The summed E-state index contributed by atoms with van der Waals surface area (Å²) in [5, 5.41) is 9.32. The Kier molecular flexibility index (Phi) is 7.79. The van der Waals surface area contributed by atoms with E-state index in [1.54, 1.807) is 13.2 Å². The third-order valence-electron chi connectivity index (χ3n) is 5.59. The molecule has 1 atom stereocenters. The maximum Gasteiger partial charge on any atom is 0.432 e. The predicted octanol–water partition coefficient (Wildman–Crippen LogP) is 3.31. The van der Waals surface area contributed by atoms with Crippen molar-refractivity contribution in [1.29, 1.82) is 0 Å². The van der Waals surface area contributed by atoms with E-state index in [1.807, 2.05) is 0 Å². The number of hydrogen-bond acceptors (Lipinski definition) is 7. The minimum atomic E-state index is -4.59. The van der Waals surface area contributed by atoms with Gasteiger partial charge in [0.05, 0.1) is 41.3 Å². The average Bonchev–Trinajstić information content (AvgIpc) is 3.49. The van der Waals surface area contributed by atoms with Crippen molar-refractivity contribution in [3.8, 4) is 29.0 Å². The topological polar surface area (TPSA) is 137 Å². The molecule has 1 aliphatic rings. The lowest BCUT2D eigenvalue weighted by Gasteiger charge is -2.43. The molecular weight excluding hydrogens is 513 g/mol. The number of aryl methyl sites for hydroxylation is 1. The fraction of sp³-hybridized carbons (Fsp3) is 0.348. The fourth-order valence-corrected chi connectivity index (χ4v) is 5.29. The minimum absolute atomic E-state index is 0.0435. The van der Waals surface area contributed by atoms with E-state index in [2.05, 4.69) is 37.5 Å². The number of H-pyrrole nitrogens is 1. The molecule has 1 saturated heterocycles. The van der Waals surface area contributed by atoms with Gasteiger partial charge in [-0.05, 0) is 18.2 Å². The molecular formula is C23H25F3N6O4S. The van der Waals surface area contributed by atoms with Crippen LogP contribution in [0.4, 0.5) is 18.9 Å². The number of ether oxygens (including phenoxy) is 1. The lowest BCUT2D eigenvalue weighted by molar-refractivity contribution is -0.140. The van der Waals surface area contributed by atoms with E-state index < -0.39 is 28.4 Å². The molecule has 0 saturated carbocycles. The van der Waals surface area contributed by atoms with Crippen molar-refractivity contribution in [3.05, 3.63) is 48.0 Å². The highest BCUT2D eigenvalue weighted by Gasteiger charge is 2.33. The number of nitrogens with zero attached hydrogens (tertiary/aromatic N) is 3. The van der Waals surface area contributed by atoms with E-state index in [0.717, 1.165) is 0 Å². The van der Waals surface area contributed by atoms with Crippen LogP contribution in [0.15, 0.2) is 36.8 Å². The Morgan fingerprint density at radius 3 is 2.84 bits per heavy atom. The highest BCUT2D eigenvalue weighted by atomic mass is 32.3. The summed E-state index contributed by atoms with van der Waals surface area (Å²) in [6, 6.07) is 4.42. The maximum atomic E-state index is 13.0. The molecule has 14 heteroatoms. The van der Waals surface area contributed by atoms with Gasteiger partial charge in [-0.15, -0.1) is 0 Å². The van der Waals surface area contributed by atoms with Crippen LogP contribution >= 0.6 is 10.6 Å². The smallest absolute Gasteiger partial charge is 0.432 e. The van der Waals surface area contributed by atoms with Crippen molar-refractivity contribution in [2.75, 3.05) is 30.8 Å². The lowest BCUT2D eigenvalue weighted by Crippen LogP contribution is -2.41. The highest BCUT2D eigenvalue weighted by Crippen LogP contribution is 2.46. The molecule has 3 heterocycles. The number of carbonyl (C=O) groups excluding carboxylic acids is 1. The van der Waals surface area contributed by atoms with Crippen LogP contribution in [0.1, 0.15) is 17.7 Å². The van der Waals surface area contributed by atoms with Crippen molar-refractivity contribution in [2.24, 2.45) is 7.05 Å².